The van der Waals surface area contributed by atoms with Crippen LogP contribution in [0.25, 0.3) is 11.4 Å². The van der Waals surface area contributed by atoms with Gasteiger partial charge in [0.1, 0.15) is 5.75 Å². The van der Waals surface area contributed by atoms with Gasteiger partial charge in [-0.25, -0.2) is 4.79 Å². The Bertz CT molecular complexity index is 942. The van der Waals surface area contributed by atoms with Crippen LogP contribution in [0.15, 0.2) is 53.1 Å². The second-order valence-corrected chi connectivity index (χ2v) is 5.55. The van der Waals surface area contributed by atoms with E-state index < -0.39 is 12.3 Å². The van der Waals surface area contributed by atoms with Crippen molar-refractivity contribution in [3.8, 4) is 17.1 Å². The van der Waals surface area contributed by atoms with Gasteiger partial charge in [0.25, 0.3) is 5.89 Å². The maximum Gasteiger partial charge on any atom is 0.573 e. The third-order valence-electron chi connectivity index (χ3n) is 3.23. The number of carbonyl (C=O) groups excluding carboxylic acids is 1. The van der Waals surface area contributed by atoms with Crippen LogP contribution in [0.3, 0.4) is 0 Å². The van der Waals surface area contributed by atoms with E-state index in [0.717, 1.165) is 12.1 Å². The third-order valence-corrected chi connectivity index (χ3v) is 3.56. The lowest BCUT2D eigenvalue weighted by atomic mass is 10.2. The van der Waals surface area contributed by atoms with Gasteiger partial charge in [-0.1, -0.05) is 28.9 Å². The summed E-state index contributed by atoms with van der Waals surface area (Å²) < 4.78 is 50.3. The van der Waals surface area contributed by atoms with Gasteiger partial charge in [0.2, 0.25) is 5.82 Å². The molecule has 0 unspecified atom stereocenters. The second-order valence-electron chi connectivity index (χ2n) is 5.14. The zero-order valence-electron chi connectivity index (χ0n) is 13.4. The van der Waals surface area contributed by atoms with Gasteiger partial charge in [0.05, 0.1) is 10.6 Å². The summed E-state index contributed by atoms with van der Waals surface area (Å²) >= 11 is 5.91. The van der Waals surface area contributed by atoms with Crippen molar-refractivity contribution in [3.05, 3.63) is 65.0 Å². The SMILES string of the molecule is O=C(OCc1nc(-c2ccc(OC(F)(F)F)cc2)no1)c1ccccc1Cl. The summed E-state index contributed by atoms with van der Waals surface area (Å²) in [7, 11) is 0. The van der Waals surface area contributed by atoms with Gasteiger partial charge in [-0.15, -0.1) is 13.2 Å². The first-order chi connectivity index (χ1) is 12.8. The Morgan fingerprint density at radius 1 is 1.11 bits per heavy atom. The summed E-state index contributed by atoms with van der Waals surface area (Å²) in [6.07, 6.45) is -4.77. The Morgan fingerprint density at radius 3 is 2.48 bits per heavy atom. The Hall–Kier alpha value is -3.07. The number of rotatable bonds is 5. The fourth-order valence-electron chi connectivity index (χ4n) is 2.07. The van der Waals surface area contributed by atoms with Crippen molar-refractivity contribution in [1.82, 2.24) is 10.1 Å². The van der Waals surface area contributed by atoms with Gasteiger partial charge in [-0.3, -0.25) is 0 Å². The molecule has 6 nitrogen and oxygen atoms in total. The minimum atomic E-state index is -4.77. The molecule has 0 atom stereocenters. The highest BCUT2D eigenvalue weighted by atomic mass is 35.5. The zero-order valence-corrected chi connectivity index (χ0v) is 14.1. The molecule has 0 aliphatic heterocycles. The van der Waals surface area contributed by atoms with Crippen LogP contribution in [0, 0.1) is 0 Å². The lowest BCUT2D eigenvalue weighted by Gasteiger charge is -2.08. The Labute approximate surface area is 155 Å². The molecule has 3 rings (SSSR count). The van der Waals surface area contributed by atoms with Gasteiger partial charge in [0, 0.05) is 5.56 Å². The fraction of sp³-hybridized carbons (Fsp3) is 0.118. The molecule has 0 bridgehead atoms. The standard InChI is InChI=1S/C17H10ClF3N2O4/c18-13-4-2-1-3-12(13)16(24)25-9-14-22-15(23-27-14)10-5-7-11(8-6-10)26-17(19,20)21/h1-8H,9H2. The van der Waals surface area contributed by atoms with E-state index in [1.165, 1.54) is 18.2 Å². The van der Waals surface area contributed by atoms with Gasteiger partial charge in [-0.2, -0.15) is 4.98 Å². The van der Waals surface area contributed by atoms with E-state index in [9.17, 15) is 18.0 Å². The van der Waals surface area contributed by atoms with Crippen LogP contribution in [0.2, 0.25) is 5.02 Å². The molecule has 0 aliphatic rings. The first-order valence-corrected chi connectivity index (χ1v) is 7.80. The molecule has 0 radical (unpaired) electrons. The van der Waals surface area contributed by atoms with Crippen molar-refractivity contribution in [2.75, 3.05) is 0 Å². The van der Waals surface area contributed by atoms with Gasteiger partial charge >= 0.3 is 12.3 Å². The number of benzene rings is 2. The van der Waals surface area contributed by atoms with Crippen molar-refractivity contribution in [2.45, 2.75) is 13.0 Å². The van der Waals surface area contributed by atoms with Crippen molar-refractivity contribution in [3.63, 3.8) is 0 Å². The minimum absolute atomic E-state index is 0.0148. The van der Waals surface area contributed by atoms with Crippen LogP contribution in [0.1, 0.15) is 16.2 Å². The second kappa shape index (κ2) is 7.67. The van der Waals surface area contributed by atoms with Gasteiger partial charge in [-0.05, 0) is 36.4 Å². The fourth-order valence-corrected chi connectivity index (χ4v) is 2.28. The van der Waals surface area contributed by atoms with E-state index in [-0.39, 0.29) is 34.7 Å². The van der Waals surface area contributed by atoms with Crippen LogP contribution >= 0.6 is 11.6 Å². The number of hydrogen-bond acceptors (Lipinski definition) is 6. The minimum Gasteiger partial charge on any atom is -0.452 e. The lowest BCUT2D eigenvalue weighted by Crippen LogP contribution is -2.16. The Kier molecular flexibility index (Phi) is 5.31. The molecule has 140 valence electrons. The molecule has 3 aromatic rings. The number of ether oxygens (including phenoxy) is 2. The van der Waals surface area contributed by atoms with E-state index in [4.69, 9.17) is 20.9 Å². The average Bonchev–Trinajstić information content (AvgIpc) is 3.08. The van der Waals surface area contributed by atoms with Crippen LogP contribution in [-0.2, 0) is 11.3 Å². The predicted octanol–water partition coefficient (Wildman–Crippen LogP) is 4.65. The molecule has 0 amide bonds. The summed E-state index contributed by atoms with van der Waals surface area (Å²) in [5.74, 6) is -0.893. The monoisotopic (exact) mass is 398 g/mol. The van der Waals surface area contributed by atoms with Crippen LogP contribution in [-0.4, -0.2) is 22.5 Å². The molecule has 0 saturated carbocycles. The molecule has 10 heteroatoms. The molecule has 0 N–H and O–H groups in total. The highest BCUT2D eigenvalue weighted by molar-refractivity contribution is 6.33. The molecule has 27 heavy (non-hydrogen) atoms. The molecule has 1 aromatic heterocycles. The average molecular weight is 399 g/mol. The third kappa shape index (κ3) is 4.98. The first-order valence-electron chi connectivity index (χ1n) is 7.42. The highest BCUT2D eigenvalue weighted by Crippen LogP contribution is 2.25. The van der Waals surface area contributed by atoms with E-state index >= 15 is 0 Å². The molecular formula is C17H10ClF3N2O4. The number of hydrogen-bond donors (Lipinski definition) is 0. The largest absolute Gasteiger partial charge is 0.573 e. The number of esters is 1. The van der Waals surface area contributed by atoms with Crippen molar-refractivity contribution in [2.24, 2.45) is 0 Å². The molecule has 0 fully saturated rings. The summed E-state index contributed by atoms with van der Waals surface area (Å²) in [6.45, 7) is -0.285. The van der Waals surface area contributed by atoms with E-state index in [1.54, 1.807) is 18.2 Å². The van der Waals surface area contributed by atoms with Crippen molar-refractivity contribution < 1.29 is 32.0 Å². The first kappa shape index (κ1) is 18.7. The molecule has 0 saturated heterocycles. The van der Waals surface area contributed by atoms with Crippen LogP contribution in [0.5, 0.6) is 5.75 Å². The molecule has 0 spiro atoms. The topological polar surface area (TPSA) is 74.5 Å². The van der Waals surface area contributed by atoms with E-state index in [0.29, 0.717) is 5.56 Å². The van der Waals surface area contributed by atoms with Crippen LogP contribution < -0.4 is 4.74 Å². The summed E-state index contributed by atoms with van der Waals surface area (Å²) in [5, 5.41) is 3.94. The predicted molar refractivity (Wildman–Crippen MR) is 87.0 cm³/mol. The van der Waals surface area contributed by atoms with Gasteiger partial charge < -0.3 is 14.0 Å². The van der Waals surface area contributed by atoms with E-state index in [1.807, 2.05) is 0 Å². The molecule has 0 aliphatic carbocycles. The maximum atomic E-state index is 12.2. The van der Waals surface area contributed by atoms with E-state index in [2.05, 4.69) is 14.9 Å². The Morgan fingerprint density at radius 2 is 1.81 bits per heavy atom. The smallest absolute Gasteiger partial charge is 0.452 e. The number of aromatic nitrogens is 2. The molecular weight excluding hydrogens is 389 g/mol. The summed E-state index contributed by atoms with van der Waals surface area (Å²) in [4.78, 5) is 16.0. The summed E-state index contributed by atoms with van der Waals surface area (Å²) in [5.41, 5.74) is 0.594. The zero-order chi connectivity index (χ0) is 19.4. The number of alkyl halides is 3. The maximum absolute atomic E-state index is 12.2. The van der Waals surface area contributed by atoms with Crippen molar-refractivity contribution in [1.29, 1.82) is 0 Å². The highest BCUT2D eigenvalue weighted by Gasteiger charge is 2.31. The number of carbonyl (C=O) groups is 1. The summed E-state index contributed by atoms with van der Waals surface area (Å²) in [6, 6.07) is 11.3. The lowest BCUT2D eigenvalue weighted by molar-refractivity contribution is -0.274. The quantitative estimate of drug-likeness (QED) is 0.583. The van der Waals surface area contributed by atoms with Crippen molar-refractivity contribution >= 4 is 17.6 Å². The van der Waals surface area contributed by atoms with Crippen LogP contribution in [0.4, 0.5) is 13.2 Å². The number of halogens is 4. The number of nitrogens with zero attached hydrogens (tertiary/aromatic N) is 2. The van der Waals surface area contributed by atoms with Gasteiger partial charge in [0.15, 0.2) is 6.61 Å². The normalized spacial score (nSPS) is 11.3. The molecule has 1 heterocycles. The molecule has 2 aromatic carbocycles. The Balaban J connectivity index is 1.63.